The minimum Gasteiger partial charge on any atom is -0.340 e. The monoisotopic (exact) mass is 344 g/mol. The van der Waals surface area contributed by atoms with Crippen molar-refractivity contribution in [1.82, 2.24) is 9.21 Å². The first-order valence-electron chi connectivity index (χ1n) is 7.90. The Bertz CT molecular complexity index is 826. The van der Waals surface area contributed by atoms with Gasteiger partial charge in [-0.2, -0.15) is 4.31 Å². The third kappa shape index (κ3) is 3.20. The predicted octanol–water partition coefficient (Wildman–Crippen LogP) is 2.21. The highest BCUT2D eigenvalue weighted by Gasteiger charge is 2.30. The molecule has 6 heteroatoms. The highest BCUT2D eigenvalue weighted by molar-refractivity contribution is 7.89. The Kier molecular flexibility index (Phi) is 4.69. The molecule has 5 nitrogen and oxygen atoms in total. The summed E-state index contributed by atoms with van der Waals surface area (Å²) in [6.45, 7) is 3.02. The maximum atomic E-state index is 13.1. The van der Waals surface area contributed by atoms with Gasteiger partial charge in [-0.1, -0.05) is 48.5 Å². The molecule has 0 N–H and O–H groups in total. The Morgan fingerprint density at radius 3 is 2.08 bits per heavy atom. The Balaban J connectivity index is 1.93. The zero-order valence-electron chi connectivity index (χ0n) is 13.6. The van der Waals surface area contributed by atoms with Crippen LogP contribution in [0.15, 0.2) is 59.5 Å². The quantitative estimate of drug-likeness (QED) is 0.858. The summed E-state index contributed by atoms with van der Waals surface area (Å²) in [5.74, 6) is -0.0169. The molecule has 1 fully saturated rings. The zero-order valence-corrected chi connectivity index (χ0v) is 14.4. The minimum atomic E-state index is -3.59. The molecule has 1 aliphatic rings. The molecule has 3 rings (SSSR count). The lowest BCUT2D eigenvalue weighted by Crippen LogP contribution is -2.50. The van der Waals surface area contributed by atoms with Gasteiger partial charge in [0.2, 0.25) is 15.9 Å². The maximum absolute atomic E-state index is 13.1. The second kappa shape index (κ2) is 6.75. The van der Waals surface area contributed by atoms with E-state index in [2.05, 4.69) is 0 Å². The third-order valence-corrected chi connectivity index (χ3v) is 6.23. The summed E-state index contributed by atoms with van der Waals surface area (Å²) in [5, 5.41) is 0. The summed E-state index contributed by atoms with van der Waals surface area (Å²) < 4.78 is 27.6. The van der Waals surface area contributed by atoms with Crippen LogP contribution in [0.3, 0.4) is 0 Å². The van der Waals surface area contributed by atoms with Crippen molar-refractivity contribution >= 4 is 15.9 Å². The number of hydrogen-bond donors (Lipinski definition) is 0. The first-order chi connectivity index (χ1) is 11.5. The molecule has 0 aliphatic carbocycles. The van der Waals surface area contributed by atoms with Gasteiger partial charge in [-0.15, -0.1) is 0 Å². The van der Waals surface area contributed by atoms with E-state index in [4.69, 9.17) is 0 Å². The molecule has 1 aliphatic heterocycles. The Labute approximate surface area is 142 Å². The number of benzene rings is 2. The number of carbonyl (C=O) groups excluding carboxylic acids is 1. The topological polar surface area (TPSA) is 57.7 Å². The van der Waals surface area contributed by atoms with Crippen LogP contribution in [-0.2, 0) is 14.8 Å². The van der Waals surface area contributed by atoms with Crippen molar-refractivity contribution in [3.8, 4) is 11.1 Å². The van der Waals surface area contributed by atoms with Gasteiger partial charge in [0.15, 0.2) is 0 Å². The summed E-state index contributed by atoms with van der Waals surface area (Å²) in [5.41, 5.74) is 1.58. The van der Waals surface area contributed by atoms with Gasteiger partial charge < -0.3 is 4.90 Å². The molecular formula is C18H20N2O3S. The van der Waals surface area contributed by atoms with Crippen LogP contribution in [0.25, 0.3) is 11.1 Å². The molecule has 1 saturated heterocycles. The number of hydrogen-bond acceptors (Lipinski definition) is 3. The van der Waals surface area contributed by atoms with E-state index in [0.717, 1.165) is 5.56 Å². The van der Waals surface area contributed by atoms with Gasteiger partial charge in [-0.3, -0.25) is 4.79 Å². The molecule has 0 radical (unpaired) electrons. The van der Waals surface area contributed by atoms with E-state index in [1.54, 1.807) is 17.0 Å². The smallest absolute Gasteiger partial charge is 0.243 e. The number of carbonyl (C=O) groups is 1. The standard InChI is InChI=1S/C18H20N2O3S/c1-15(21)19-11-13-20(14-12-19)24(22,23)18-10-6-5-9-17(18)16-7-3-2-4-8-16/h2-10H,11-14H2,1H3. The predicted molar refractivity (Wildman–Crippen MR) is 92.9 cm³/mol. The summed E-state index contributed by atoms with van der Waals surface area (Å²) >= 11 is 0. The summed E-state index contributed by atoms with van der Waals surface area (Å²) in [4.78, 5) is 13.4. The van der Waals surface area contributed by atoms with Crippen LogP contribution in [0.5, 0.6) is 0 Å². The lowest BCUT2D eigenvalue weighted by atomic mass is 10.1. The Morgan fingerprint density at radius 2 is 1.46 bits per heavy atom. The fourth-order valence-electron chi connectivity index (χ4n) is 2.93. The molecule has 126 valence electrons. The molecule has 1 heterocycles. The van der Waals surface area contributed by atoms with E-state index in [0.29, 0.717) is 36.6 Å². The SMILES string of the molecule is CC(=O)N1CCN(S(=O)(=O)c2ccccc2-c2ccccc2)CC1. The van der Waals surface area contributed by atoms with E-state index >= 15 is 0 Å². The van der Waals surface area contributed by atoms with Crippen molar-refractivity contribution in [2.24, 2.45) is 0 Å². The van der Waals surface area contributed by atoms with Crippen molar-refractivity contribution in [1.29, 1.82) is 0 Å². The molecule has 2 aromatic carbocycles. The molecule has 0 aromatic heterocycles. The van der Waals surface area contributed by atoms with Crippen LogP contribution in [0.2, 0.25) is 0 Å². The van der Waals surface area contributed by atoms with Crippen molar-refractivity contribution in [3.05, 3.63) is 54.6 Å². The molecule has 1 amide bonds. The highest BCUT2D eigenvalue weighted by Crippen LogP contribution is 2.29. The fourth-order valence-corrected chi connectivity index (χ4v) is 4.57. The third-order valence-electron chi connectivity index (χ3n) is 4.27. The number of amides is 1. The number of sulfonamides is 1. The van der Waals surface area contributed by atoms with Gasteiger partial charge in [-0.05, 0) is 11.6 Å². The molecule has 0 unspecified atom stereocenters. The average molecular weight is 344 g/mol. The Hall–Kier alpha value is -2.18. The molecule has 0 spiro atoms. The molecule has 0 bridgehead atoms. The van der Waals surface area contributed by atoms with Crippen molar-refractivity contribution < 1.29 is 13.2 Å². The number of piperazine rings is 1. The van der Waals surface area contributed by atoms with Gasteiger partial charge in [0.25, 0.3) is 0 Å². The fraction of sp³-hybridized carbons (Fsp3) is 0.278. The van der Waals surface area contributed by atoms with Crippen LogP contribution < -0.4 is 0 Å². The van der Waals surface area contributed by atoms with E-state index in [9.17, 15) is 13.2 Å². The summed E-state index contributed by atoms with van der Waals surface area (Å²) in [6.07, 6.45) is 0. The van der Waals surface area contributed by atoms with E-state index in [1.807, 2.05) is 42.5 Å². The molecule has 0 atom stereocenters. The zero-order chi connectivity index (χ0) is 17.2. The second-order valence-corrected chi connectivity index (χ2v) is 7.68. The molecule has 24 heavy (non-hydrogen) atoms. The van der Waals surface area contributed by atoms with Crippen molar-refractivity contribution in [2.75, 3.05) is 26.2 Å². The van der Waals surface area contributed by atoms with Gasteiger partial charge >= 0.3 is 0 Å². The summed E-state index contributed by atoms with van der Waals surface area (Å²) in [6, 6.07) is 16.6. The highest BCUT2D eigenvalue weighted by atomic mass is 32.2. The molecular weight excluding hydrogens is 324 g/mol. The largest absolute Gasteiger partial charge is 0.340 e. The van der Waals surface area contributed by atoms with Gasteiger partial charge in [-0.25, -0.2) is 8.42 Å². The van der Waals surface area contributed by atoms with Gasteiger partial charge in [0.05, 0.1) is 4.90 Å². The number of rotatable bonds is 3. The maximum Gasteiger partial charge on any atom is 0.243 e. The first-order valence-corrected chi connectivity index (χ1v) is 9.34. The molecule has 2 aromatic rings. The van der Waals surface area contributed by atoms with Crippen molar-refractivity contribution in [2.45, 2.75) is 11.8 Å². The first kappa shape index (κ1) is 16.7. The van der Waals surface area contributed by atoms with Crippen LogP contribution >= 0.6 is 0 Å². The van der Waals surface area contributed by atoms with Gasteiger partial charge in [0, 0.05) is 38.7 Å². The van der Waals surface area contributed by atoms with Crippen LogP contribution in [-0.4, -0.2) is 49.7 Å². The lowest BCUT2D eigenvalue weighted by Gasteiger charge is -2.33. The minimum absolute atomic E-state index is 0.0169. The second-order valence-electron chi connectivity index (χ2n) is 5.77. The van der Waals surface area contributed by atoms with E-state index < -0.39 is 10.0 Å². The van der Waals surface area contributed by atoms with Crippen molar-refractivity contribution in [3.63, 3.8) is 0 Å². The van der Waals surface area contributed by atoms with Gasteiger partial charge in [0.1, 0.15) is 0 Å². The average Bonchev–Trinajstić information content (AvgIpc) is 2.62. The Morgan fingerprint density at radius 1 is 0.875 bits per heavy atom. The van der Waals surface area contributed by atoms with E-state index in [-0.39, 0.29) is 5.91 Å². The summed E-state index contributed by atoms with van der Waals surface area (Å²) in [7, 11) is -3.59. The molecule has 0 saturated carbocycles. The number of nitrogens with zero attached hydrogens (tertiary/aromatic N) is 2. The van der Waals surface area contributed by atoms with Crippen LogP contribution in [0.4, 0.5) is 0 Å². The lowest BCUT2D eigenvalue weighted by molar-refractivity contribution is -0.129. The van der Waals surface area contributed by atoms with E-state index in [1.165, 1.54) is 11.2 Å². The van der Waals surface area contributed by atoms with Crippen LogP contribution in [0.1, 0.15) is 6.92 Å². The van der Waals surface area contributed by atoms with Crippen LogP contribution in [0, 0.1) is 0 Å². The normalized spacial score (nSPS) is 16.1.